The molecule has 0 amide bonds. The van der Waals surface area contributed by atoms with Gasteiger partial charge in [-0.25, -0.2) is 0 Å². The van der Waals surface area contributed by atoms with Gasteiger partial charge in [0.2, 0.25) is 0 Å². The van der Waals surface area contributed by atoms with Gasteiger partial charge in [-0.15, -0.1) is 0 Å². The van der Waals surface area contributed by atoms with Crippen LogP contribution in [0.1, 0.15) is 25.5 Å². The largest absolute Gasteiger partial charge is 0.470 e. The summed E-state index contributed by atoms with van der Waals surface area (Å²) < 4.78 is 9.99. The van der Waals surface area contributed by atoms with E-state index in [1.807, 2.05) is 19.1 Å². The Bertz CT molecular complexity index is 186. The molecule has 1 saturated heterocycles. The third kappa shape index (κ3) is 3.58. The van der Waals surface area contributed by atoms with Crippen LogP contribution in [0.3, 0.4) is 0 Å². The van der Waals surface area contributed by atoms with Crippen LogP contribution in [-0.2, 0) is 4.74 Å². The summed E-state index contributed by atoms with van der Waals surface area (Å²) in [5.74, 6) is 0.968. The van der Waals surface area contributed by atoms with Crippen molar-refractivity contribution >= 4 is 0 Å². The average Bonchev–Trinajstić information content (AvgIpc) is 2.63. The topological polar surface area (TPSA) is 22.4 Å². The minimum Gasteiger partial charge on any atom is -0.470 e. The maximum absolute atomic E-state index is 5.15. The van der Waals surface area contributed by atoms with Gasteiger partial charge in [-0.05, 0) is 38.8 Å². The van der Waals surface area contributed by atoms with Crippen LogP contribution in [0.15, 0.2) is 22.8 Å². The SMILES string of the molecule is CC1CCCO1.Cc1ccco1. The first-order chi connectivity index (χ1) is 5.79. The summed E-state index contributed by atoms with van der Waals surface area (Å²) in [6.07, 6.45) is 4.74. The highest BCUT2D eigenvalue weighted by Crippen LogP contribution is 2.09. The number of aryl methyl sites for hydroxylation is 1. The van der Waals surface area contributed by atoms with E-state index in [0.29, 0.717) is 6.10 Å². The van der Waals surface area contributed by atoms with E-state index in [0.717, 1.165) is 12.4 Å². The van der Waals surface area contributed by atoms with E-state index in [-0.39, 0.29) is 0 Å². The molecule has 0 saturated carbocycles. The number of hydrogen-bond acceptors (Lipinski definition) is 2. The third-order valence-electron chi connectivity index (χ3n) is 1.82. The monoisotopic (exact) mass is 168 g/mol. The molecule has 2 heterocycles. The van der Waals surface area contributed by atoms with Gasteiger partial charge < -0.3 is 9.15 Å². The van der Waals surface area contributed by atoms with Gasteiger partial charge in [-0.3, -0.25) is 0 Å². The van der Waals surface area contributed by atoms with Crippen molar-refractivity contribution in [1.82, 2.24) is 0 Å². The predicted octanol–water partition coefficient (Wildman–Crippen LogP) is 2.77. The van der Waals surface area contributed by atoms with E-state index >= 15 is 0 Å². The smallest absolute Gasteiger partial charge is 0.100 e. The first kappa shape index (κ1) is 9.33. The van der Waals surface area contributed by atoms with Gasteiger partial charge in [0.1, 0.15) is 5.76 Å². The molecule has 0 radical (unpaired) electrons. The maximum Gasteiger partial charge on any atom is 0.100 e. The van der Waals surface area contributed by atoms with Gasteiger partial charge in [-0.2, -0.15) is 0 Å². The molecular formula is C10H16O2. The summed E-state index contributed by atoms with van der Waals surface area (Å²) in [6, 6.07) is 3.79. The maximum atomic E-state index is 5.15. The van der Waals surface area contributed by atoms with Crippen LogP contribution >= 0.6 is 0 Å². The lowest BCUT2D eigenvalue weighted by molar-refractivity contribution is 0.125. The summed E-state index contributed by atoms with van der Waals surface area (Å²) in [4.78, 5) is 0. The molecule has 1 aliphatic rings. The van der Waals surface area contributed by atoms with Gasteiger partial charge in [0.25, 0.3) is 0 Å². The zero-order chi connectivity index (χ0) is 8.81. The Morgan fingerprint density at radius 2 is 2.33 bits per heavy atom. The highest BCUT2D eigenvalue weighted by atomic mass is 16.5. The Balaban J connectivity index is 0.000000120. The molecular weight excluding hydrogens is 152 g/mol. The molecule has 0 aromatic carbocycles. The zero-order valence-corrected chi connectivity index (χ0v) is 7.75. The summed E-state index contributed by atoms with van der Waals surface area (Å²) >= 11 is 0. The number of rotatable bonds is 0. The minimum absolute atomic E-state index is 0.546. The molecule has 1 unspecified atom stereocenters. The molecule has 1 aliphatic heterocycles. The van der Waals surface area contributed by atoms with Crippen molar-refractivity contribution in [3.8, 4) is 0 Å². The number of furan rings is 1. The van der Waals surface area contributed by atoms with Crippen LogP contribution < -0.4 is 0 Å². The van der Waals surface area contributed by atoms with E-state index in [1.54, 1.807) is 6.26 Å². The molecule has 68 valence electrons. The molecule has 1 atom stereocenters. The minimum atomic E-state index is 0.546. The Labute approximate surface area is 73.5 Å². The van der Waals surface area contributed by atoms with Crippen molar-refractivity contribution < 1.29 is 9.15 Å². The van der Waals surface area contributed by atoms with Gasteiger partial charge >= 0.3 is 0 Å². The van der Waals surface area contributed by atoms with E-state index in [4.69, 9.17) is 9.15 Å². The lowest BCUT2D eigenvalue weighted by Gasteiger charge is -1.94. The fourth-order valence-electron chi connectivity index (χ4n) is 1.10. The van der Waals surface area contributed by atoms with Crippen molar-refractivity contribution in [3.05, 3.63) is 24.2 Å². The number of hydrogen-bond donors (Lipinski definition) is 0. The molecule has 0 aliphatic carbocycles. The van der Waals surface area contributed by atoms with Crippen LogP contribution in [0.2, 0.25) is 0 Å². The lowest BCUT2D eigenvalue weighted by atomic mass is 10.3. The molecule has 0 N–H and O–H groups in total. The first-order valence-corrected chi connectivity index (χ1v) is 4.41. The van der Waals surface area contributed by atoms with Crippen LogP contribution in [-0.4, -0.2) is 12.7 Å². The highest BCUT2D eigenvalue weighted by molar-refractivity contribution is 4.93. The second kappa shape index (κ2) is 4.99. The van der Waals surface area contributed by atoms with E-state index in [1.165, 1.54) is 12.8 Å². The third-order valence-corrected chi connectivity index (χ3v) is 1.82. The molecule has 2 rings (SSSR count). The fourth-order valence-corrected chi connectivity index (χ4v) is 1.10. The molecule has 1 fully saturated rings. The summed E-state index contributed by atoms with van der Waals surface area (Å²) in [5.41, 5.74) is 0. The van der Waals surface area contributed by atoms with Crippen LogP contribution in [0, 0.1) is 6.92 Å². The van der Waals surface area contributed by atoms with Crippen molar-refractivity contribution in [2.45, 2.75) is 32.8 Å². The van der Waals surface area contributed by atoms with Crippen LogP contribution in [0.25, 0.3) is 0 Å². The second-order valence-corrected chi connectivity index (χ2v) is 3.05. The van der Waals surface area contributed by atoms with Gasteiger partial charge in [0, 0.05) is 6.61 Å². The second-order valence-electron chi connectivity index (χ2n) is 3.05. The molecule has 12 heavy (non-hydrogen) atoms. The zero-order valence-electron chi connectivity index (χ0n) is 7.75. The molecule has 2 nitrogen and oxygen atoms in total. The molecule has 0 bridgehead atoms. The standard InChI is InChI=1S/C5H10O.C5H6O/c2*1-5-3-2-4-6-5/h5H,2-4H2,1H3;2-4H,1H3. The quantitative estimate of drug-likeness (QED) is 0.594. The van der Waals surface area contributed by atoms with E-state index in [9.17, 15) is 0 Å². The van der Waals surface area contributed by atoms with E-state index in [2.05, 4.69) is 6.92 Å². The van der Waals surface area contributed by atoms with E-state index < -0.39 is 0 Å². The Morgan fingerprint density at radius 1 is 1.50 bits per heavy atom. The summed E-state index contributed by atoms with van der Waals surface area (Å²) in [5, 5.41) is 0. The van der Waals surface area contributed by atoms with Crippen molar-refractivity contribution in [3.63, 3.8) is 0 Å². The Morgan fingerprint density at radius 3 is 2.50 bits per heavy atom. The van der Waals surface area contributed by atoms with Gasteiger partial charge in [-0.1, -0.05) is 0 Å². The van der Waals surface area contributed by atoms with Crippen molar-refractivity contribution in [2.75, 3.05) is 6.61 Å². The van der Waals surface area contributed by atoms with Crippen molar-refractivity contribution in [2.24, 2.45) is 0 Å². The molecule has 1 aromatic rings. The lowest BCUT2D eigenvalue weighted by Crippen LogP contribution is -1.94. The molecule has 2 heteroatoms. The molecule has 0 spiro atoms. The highest BCUT2D eigenvalue weighted by Gasteiger charge is 2.07. The Hall–Kier alpha value is -0.760. The first-order valence-electron chi connectivity index (χ1n) is 4.41. The fraction of sp³-hybridized carbons (Fsp3) is 0.600. The summed E-state index contributed by atoms with van der Waals surface area (Å²) in [6.45, 7) is 5.02. The van der Waals surface area contributed by atoms with Crippen molar-refractivity contribution in [1.29, 1.82) is 0 Å². The Kier molecular flexibility index (Phi) is 3.88. The average molecular weight is 168 g/mol. The molecule has 1 aromatic heterocycles. The normalized spacial score (nSPS) is 21.7. The van der Waals surface area contributed by atoms with Crippen LogP contribution in [0.4, 0.5) is 0 Å². The summed E-state index contributed by atoms with van der Waals surface area (Å²) in [7, 11) is 0. The van der Waals surface area contributed by atoms with Gasteiger partial charge in [0.15, 0.2) is 0 Å². The van der Waals surface area contributed by atoms with Crippen LogP contribution in [0.5, 0.6) is 0 Å². The van der Waals surface area contributed by atoms with Gasteiger partial charge in [0.05, 0.1) is 12.4 Å². The predicted molar refractivity (Wildman–Crippen MR) is 48.1 cm³/mol. The number of ether oxygens (including phenoxy) is 1.